The molecule has 0 saturated carbocycles. The van der Waals surface area contributed by atoms with E-state index in [1.165, 1.54) is 0 Å². The number of ether oxygens (including phenoxy) is 1. The Bertz CT molecular complexity index is 471. The number of hydrogen-bond acceptors (Lipinski definition) is 3. The van der Waals surface area contributed by atoms with Gasteiger partial charge in [-0.1, -0.05) is 24.3 Å². The Balaban J connectivity index is 1.97. The molecule has 1 aromatic heterocycles. The molecule has 0 aliphatic heterocycles. The zero-order valence-corrected chi connectivity index (χ0v) is 9.84. The van der Waals surface area contributed by atoms with Crippen LogP contribution in [0.1, 0.15) is 17.3 Å². The molecular weight excluding hydrogens is 212 g/mol. The summed E-state index contributed by atoms with van der Waals surface area (Å²) in [6, 6.07) is 13.4. The quantitative estimate of drug-likeness (QED) is 0.874. The lowest BCUT2D eigenvalue weighted by atomic mass is 10.2. The second kappa shape index (κ2) is 5.46. The summed E-state index contributed by atoms with van der Waals surface area (Å²) in [6.45, 7) is 2.45. The van der Waals surface area contributed by atoms with Crippen molar-refractivity contribution in [2.45, 2.75) is 13.0 Å². The molecule has 3 nitrogen and oxygen atoms in total. The van der Waals surface area contributed by atoms with E-state index in [1.54, 1.807) is 6.20 Å². The maximum Gasteiger partial charge on any atom is 0.122 e. The maximum atomic E-state index is 6.01. The molecule has 2 N–H and O–H groups in total. The van der Waals surface area contributed by atoms with Crippen molar-refractivity contribution in [2.24, 2.45) is 5.73 Å². The summed E-state index contributed by atoms with van der Waals surface area (Å²) >= 11 is 0. The third kappa shape index (κ3) is 3.04. The first-order valence-corrected chi connectivity index (χ1v) is 5.62. The van der Waals surface area contributed by atoms with E-state index in [0.717, 1.165) is 17.0 Å². The highest BCUT2D eigenvalue weighted by atomic mass is 16.5. The van der Waals surface area contributed by atoms with Crippen LogP contribution >= 0.6 is 0 Å². The summed E-state index contributed by atoms with van der Waals surface area (Å²) in [7, 11) is 0. The largest absolute Gasteiger partial charge is 0.491 e. The molecule has 17 heavy (non-hydrogen) atoms. The summed E-state index contributed by atoms with van der Waals surface area (Å²) in [5.41, 5.74) is 7.97. The monoisotopic (exact) mass is 228 g/mol. The van der Waals surface area contributed by atoms with Gasteiger partial charge in [-0.05, 0) is 30.7 Å². The first-order valence-electron chi connectivity index (χ1n) is 5.62. The van der Waals surface area contributed by atoms with Crippen molar-refractivity contribution in [3.8, 4) is 5.75 Å². The number of nitrogens with two attached hydrogens (primary N) is 1. The van der Waals surface area contributed by atoms with Crippen LogP contribution in [-0.2, 0) is 0 Å². The van der Waals surface area contributed by atoms with Crippen molar-refractivity contribution in [2.75, 3.05) is 6.61 Å². The summed E-state index contributed by atoms with van der Waals surface area (Å²) < 4.78 is 5.69. The van der Waals surface area contributed by atoms with E-state index >= 15 is 0 Å². The molecule has 1 atom stereocenters. The Hall–Kier alpha value is -1.87. The molecule has 3 heteroatoms. The van der Waals surface area contributed by atoms with Crippen LogP contribution < -0.4 is 10.5 Å². The molecule has 2 rings (SSSR count). The highest BCUT2D eigenvalue weighted by Gasteiger charge is 2.08. The fourth-order valence-corrected chi connectivity index (χ4v) is 1.58. The summed E-state index contributed by atoms with van der Waals surface area (Å²) in [4.78, 5) is 4.21. The molecule has 2 aromatic rings. The van der Waals surface area contributed by atoms with Gasteiger partial charge >= 0.3 is 0 Å². The number of rotatable bonds is 4. The minimum absolute atomic E-state index is 0.198. The predicted molar refractivity (Wildman–Crippen MR) is 67.8 cm³/mol. The lowest BCUT2D eigenvalue weighted by Gasteiger charge is -2.13. The van der Waals surface area contributed by atoms with E-state index in [2.05, 4.69) is 4.98 Å². The van der Waals surface area contributed by atoms with Crippen molar-refractivity contribution in [3.05, 3.63) is 59.9 Å². The molecule has 0 aliphatic carbocycles. The van der Waals surface area contributed by atoms with Gasteiger partial charge in [0.15, 0.2) is 0 Å². The number of nitrogens with zero attached hydrogens (tertiary/aromatic N) is 1. The van der Waals surface area contributed by atoms with Crippen molar-refractivity contribution < 1.29 is 4.74 Å². The Morgan fingerprint density at radius 3 is 2.65 bits per heavy atom. The van der Waals surface area contributed by atoms with Gasteiger partial charge in [0.05, 0.1) is 11.7 Å². The fraction of sp³-hybridized carbons (Fsp3) is 0.214. The minimum atomic E-state index is -0.198. The zero-order chi connectivity index (χ0) is 12.1. The maximum absolute atomic E-state index is 6.01. The molecule has 88 valence electrons. The molecule has 1 aromatic carbocycles. The molecule has 0 aliphatic rings. The first kappa shape index (κ1) is 11.6. The molecule has 0 bridgehead atoms. The Morgan fingerprint density at radius 2 is 1.94 bits per heavy atom. The van der Waals surface area contributed by atoms with Crippen molar-refractivity contribution in [3.63, 3.8) is 0 Å². The van der Waals surface area contributed by atoms with Crippen LogP contribution in [0.5, 0.6) is 5.75 Å². The second-order valence-corrected chi connectivity index (χ2v) is 3.94. The number of pyridine rings is 1. The standard InChI is InChI=1S/C14H16N2O/c1-11-6-2-3-8-14(11)17-10-12(15)13-7-4-5-9-16-13/h2-9,12H,10,15H2,1H3. The van der Waals surface area contributed by atoms with E-state index in [-0.39, 0.29) is 6.04 Å². The van der Waals surface area contributed by atoms with Crippen LogP contribution in [0.3, 0.4) is 0 Å². The van der Waals surface area contributed by atoms with E-state index in [4.69, 9.17) is 10.5 Å². The second-order valence-electron chi connectivity index (χ2n) is 3.94. The molecule has 0 saturated heterocycles. The van der Waals surface area contributed by atoms with E-state index in [1.807, 2.05) is 49.4 Å². The zero-order valence-electron chi connectivity index (χ0n) is 9.84. The van der Waals surface area contributed by atoms with Crippen LogP contribution in [-0.4, -0.2) is 11.6 Å². The van der Waals surface area contributed by atoms with Gasteiger partial charge in [-0.2, -0.15) is 0 Å². The van der Waals surface area contributed by atoms with Gasteiger partial charge in [-0.3, -0.25) is 4.98 Å². The first-order chi connectivity index (χ1) is 8.27. The average Bonchev–Trinajstić information content (AvgIpc) is 2.38. The van der Waals surface area contributed by atoms with E-state index in [0.29, 0.717) is 6.61 Å². The van der Waals surface area contributed by atoms with Crippen LogP contribution in [0, 0.1) is 6.92 Å². The van der Waals surface area contributed by atoms with Crippen LogP contribution in [0.4, 0.5) is 0 Å². The van der Waals surface area contributed by atoms with Crippen molar-refractivity contribution in [1.29, 1.82) is 0 Å². The summed E-state index contributed by atoms with van der Waals surface area (Å²) in [6.07, 6.45) is 1.74. The Morgan fingerprint density at radius 1 is 1.18 bits per heavy atom. The predicted octanol–water partition coefficient (Wildman–Crippen LogP) is 2.47. The van der Waals surface area contributed by atoms with Crippen molar-refractivity contribution >= 4 is 0 Å². The van der Waals surface area contributed by atoms with Crippen LogP contribution in [0.2, 0.25) is 0 Å². The topological polar surface area (TPSA) is 48.1 Å². The minimum Gasteiger partial charge on any atom is -0.491 e. The van der Waals surface area contributed by atoms with Gasteiger partial charge < -0.3 is 10.5 Å². The van der Waals surface area contributed by atoms with E-state index < -0.39 is 0 Å². The van der Waals surface area contributed by atoms with Crippen LogP contribution in [0.15, 0.2) is 48.7 Å². The Kier molecular flexibility index (Phi) is 3.73. The van der Waals surface area contributed by atoms with Gasteiger partial charge in [0.1, 0.15) is 12.4 Å². The molecule has 0 spiro atoms. The third-order valence-electron chi connectivity index (χ3n) is 2.58. The number of para-hydroxylation sites is 1. The molecule has 0 amide bonds. The normalized spacial score (nSPS) is 12.1. The smallest absolute Gasteiger partial charge is 0.122 e. The molecule has 0 radical (unpaired) electrons. The number of benzene rings is 1. The molecule has 1 unspecified atom stereocenters. The van der Waals surface area contributed by atoms with Gasteiger partial charge in [-0.15, -0.1) is 0 Å². The fourth-order valence-electron chi connectivity index (χ4n) is 1.58. The molecule has 1 heterocycles. The number of aryl methyl sites for hydroxylation is 1. The Labute approximate surface area is 101 Å². The van der Waals surface area contributed by atoms with Gasteiger partial charge in [-0.25, -0.2) is 0 Å². The number of hydrogen-bond donors (Lipinski definition) is 1. The lowest BCUT2D eigenvalue weighted by molar-refractivity contribution is 0.286. The highest BCUT2D eigenvalue weighted by Crippen LogP contribution is 2.17. The molecule has 0 fully saturated rings. The van der Waals surface area contributed by atoms with Crippen LogP contribution in [0.25, 0.3) is 0 Å². The summed E-state index contributed by atoms with van der Waals surface area (Å²) in [5, 5.41) is 0. The van der Waals surface area contributed by atoms with Gasteiger partial charge in [0, 0.05) is 6.20 Å². The average molecular weight is 228 g/mol. The van der Waals surface area contributed by atoms with Gasteiger partial charge in [0.25, 0.3) is 0 Å². The highest BCUT2D eigenvalue weighted by molar-refractivity contribution is 5.31. The lowest BCUT2D eigenvalue weighted by Crippen LogP contribution is -2.20. The third-order valence-corrected chi connectivity index (χ3v) is 2.58. The number of aromatic nitrogens is 1. The van der Waals surface area contributed by atoms with Gasteiger partial charge in [0.2, 0.25) is 0 Å². The summed E-state index contributed by atoms with van der Waals surface area (Å²) in [5.74, 6) is 0.874. The molecular formula is C14H16N2O. The SMILES string of the molecule is Cc1ccccc1OCC(N)c1ccccn1. The van der Waals surface area contributed by atoms with E-state index in [9.17, 15) is 0 Å². The van der Waals surface area contributed by atoms with Crippen molar-refractivity contribution in [1.82, 2.24) is 4.98 Å².